The lowest BCUT2D eigenvalue weighted by atomic mass is 10.1. The van der Waals surface area contributed by atoms with Crippen molar-refractivity contribution >= 4 is 28.3 Å². The summed E-state index contributed by atoms with van der Waals surface area (Å²) in [5.74, 6) is 0.845. The second-order valence-corrected chi connectivity index (χ2v) is 6.54. The van der Waals surface area contributed by atoms with Gasteiger partial charge in [0.05, 0.1) is 30.6 Å². The highest BCUT2D eigenvalue weighted by Gasteiger charge is 2.23. The molecule has 2 aromatic rings. The second kappa shape index (κ2) is 9.36. The van der Waals surface area contributed by atoms with Crippen molar-refractivity contribution in [2.45, 2.75) is 6.92 Å². The van der Waals surface area contributed by atoms with E-state index in [0.29, 0.717) is 53.7 Å². The van der Waals surface area contributed by atoms with E-state index in [0.717, 1.165) is 0 Å². The maximum absolute atomic E-state index is 12.5. The molecule has 0 spiro atoms. The highest BCUT2D eigenvalue weighted by Crippen LogP contribution is 2.34. The number of ether oxygens (including phenoxy) is 3. The third kappa shape index (κ3) is 4.41. The van der Waals surface area contributed by atoms with Gasteiger partial charge in [-0.2, -0.15) is 0 Å². The van der Waals surface area contributed by atoms with E-state index < -0.39 is 0 Å². The molecule has 1 aromatic heterocycles. The zero-order valence-electron chi connectivity index (χ0n) is 17.4. The number of nitrogens with one attached hydrogen (secondary N) is 1. The molecule has 3 rings (SSSR count). The molecule has 1 N–H and O–H groups in total. The van der Waals surface area contributed by atoms with Gasteiger partial charge >= 0.3 is 0 Å². The fraction of sp³-hybridized carbons (Fsp3) is 0.333. The fourth-order valence-electron chi connectivity index (χ4n) is 2.91. The van der Waals surface area contributed by atoms with Crippen LogP contribution in [0.25, 0.3) is 10.9 Å². The average molecular weight is 412 g/mol. The molecular formula is C21H24N4O5. The van der Waals surface area contributed by atoms with Crippen LogP contribution in [0.15, 0.2) is 42.0 Å². The van der Waals surface area contributed by atoms with Gasteiger partial charge in [-0.05, 0) is 13.0 Å². The largest absolute Gasteiger partial charge is 0.493 e. The van der Waals surface area contributed by atoms with Crippen LogP contribution >= 0.6 is 0 Å². The lowest BCUT2D eigenvalue weighted by Crippen LogP contribution is -2.28. The van der Waals surface area contributed by atoms with Crippen molar-refractivity contribution in [2.75, 3.05) is 46.3 Å². The Morgan fingerprint density at radius 2 is 1.83 bits per heavy atom. The topological polar surface area (TPSA) is 103 Å². The summed E-state index contributed by atoms with van der Waals surface area (Å²) in [6, 6.07) is 3.45. The molecule has 0 bridgehead atoms. The number of aromatic nitrogens is 2. The number of likely N-dealkylation sites (N-methyl/N-ethyl adjacent to an activating group) is 1. The molecule has 0 atom stereocenters. The molecule has 0 radical (unpaired) electrons. The van der Waals surface area contributed by atoms with Gasteiger partial charge in [0.25, 0.3) is 0 Å². The minimum atomic E-state index is -0.303. The summed E-state index contributed by atoms with van der Waals surface area (Å²) in [7, 11) is 4.89. The third-order valence-electron chi connectivity index (χ3n) is 4.67. The predicted octanol–water partition coefficient (Wildman–Crippen LogP) is 1.95. The van der Waals surface area contributed by atoms with Crippen LogP contribution < -0.4 is 14.8 Å². The second-order valence-electron chi connectivity index (χ2n) is 6.54. The van der Waals surface area contributed by atoms with E-state index in [2.05, 4.69) is 15.3 Å². The highest BCUT2D eigenvalue weighted by molar-refractivity contribution is 6.21. The molecule has 9 nitrogen and oxygen atoms in total. The lowest BCUT2D eigenvalue weighted by Gasteiger charge is -2.22. The van der Waals surface area contributed by atoms with E-state index in [4.69, 9.17) is 14.2 Å². The van der Waals surface area contributed by atoms with Crippen LogP contribution in [0.2, 0.25) is 0 Å². The molecule has 0 saturated heterocycles. The van der Waals surface area contributed by atoms with E-state index in [1.54, 1.807) is 31.2 Å². The van der Waals surface area contributed by atoms with E-state index in [1.165, 1.54) is 25.6 Å². The minimum Gasteiger partial charge on any atom is -0.493 e. The molecule has 158 valence electrons. The van der Waals surface area contributed by atoms with Gasteiger partial charge in [-0.15, -0.1) is 0 Å². The summed E-state index contributed by atoms with van der Waals surface area (Å²) < 4.78 is 16.1. The predicted molar refractivity (Wildman–Crippen MR) is 112 cm³/mol. The monoisotopic (exact) mass is 412 g/mol. The number of hydrogen-bond acceptors (Lipinski definition) is 9. The van der Waals surface area contributed by atoms with Crippen molar-refractivity contribution in [3.8, 4) is 11.5 Å². The van der Waals surface area contributed by atoms with Crippen molar-refractivity contribution in [2.24, 2.45) is 0 Å². The van der Waals surface area contributed by atoms with Gasteiger partial charge in [0.15, 0.2) is 11.5 Å². The van der Waals surface area contributed by atoms with Gasteiger partial charge in [0, 0.05) is 44.3 Å². The number of methoxy groups -OCH3 is 2. The first-order valence-electron chi connectivity index (χ1n) is 9.43. The number of hydrogen-bond donors (Lipinski definition) is 1. The third-order valence-corrected chi connectivity index (χ3v) is 4.67. The Hall–Kier alpha value is -3.46. The summed E-state index contributed by atoms with van der Waals surface area (Å²) in [5, 5.41) is 3.59. The molecule has 9 heteroatoms. The number of rotatable bonds is 9. The van der Waals surface area contributed by atoms with Gasteiger partial charge in [-0.3, -0.25) is 9.59 Å². The first-order valence-corrected chi connectivity index (χ1v) is 9.43. The molecule has 1 heterocycles. The van der Waals surface area contributed by atoms with Gasteiger partial charge in [0.1, 0.15) is 18.8 Å². The molecule has 0 saturated carbocycles. The van der Waals surface area contributed by atoms with Crippen LogP contribution in [0.3, 0.4) is 0 Å². The zero-order chi connectivity index (χ0) is 21.7. The van der Waals surface area contributed by atoms with E-state index in [1.807, 2.05) is 6.92 Å². The molecule has 1 aliphatic carbocycles. The van der Waals surface area contributed by atoms with Gasteiger partial charge in [0.2, 0.25) is 11.6 Å². The number of nitrogens with zero attached hydrogens (tertiary/aromatic N) is 3. The number of fused-ring (bicyclic) bond motifs is 1. The fourth-order valence-corrected chi connectivity index (χ4v) is 2.91. The van der Waals surface area contributed by atoms with Crippen LogP contribution in [-0.2, 0) is 14.3 Å². The summed E-state index contributed by atoms with van der Waals surface area (Å²) in [4.78, 5) is 35.2. The number of ketones is 2. The molecule has 0 aliphatic heterocycles. The van der Waals surface area contributed by atoms with E-state index in [9.17, 15) is 9.59 Å². The molecule has 0 unspecified atom stereocenters. The quantitative estimate of drug-likeness (QED) is 0.489. The summed E-state index contributed by atoms with van der Waals surface area (Å²) in [6.07, 6.45) is 4.00. The van der Waals surface area contributed by atoms with Gasteiger partial charge in [-0.1, -0.05) is 0 Å². The SMILES string of the molecule is CCN(C)C1=CC(=O)C(Nc2ncnc3cc(OCCOC)c(OC)cc23)=CC1=O. The average Bonchev–Trinajstić information content (AvgIpc) is 2.75. The van der Waals surface area contributed by atoms with Gasteiger partial charge in [-0.25, -0.2) is 9.97 Å². The maximum atomic E-state index is 12.5. The van der Waals surface area contributed by atoms with Crippen molar-refractivity contribution < 1.29 is 23.8 Å². The molecule has 30 heavy (non-hydrogen) atoms. The van der Waals surface area contributed by atoms with Crippen LogP contribution in [0.1, 0.15) is 6.92 Å². The highest BCUT2D eigenvalue weighted by atomic mass is 16.5. The van der Waals surface area contributed by atoms with Crippen molar-refractivity contribution in [3.63, 3.8) is 0 Å². The van der Waals surface area contributed by atoms with E-state index in [-0.39, 0.29) is 17.3 Å². The Balaban J connectivity index is 1.92. The number of anilines is 1. The van der Waals surface area contributed by atoms with E-state index >= 15 is 0 Å². The molecule has 1 aromatic carbocycles. The molecule has 1 aliphatic rings. The molecule has 0 fully saturated rings. The van der Waals surface area contributed by atoms with Crippen LogP contribution in [-0.4, -0.2) is 67.5 Å². The Kier molecular flexibility index (Phi) is 6.63. The number of carbonyl (C=O) groups excluding carboxylic acids is 2. The summed E-state index contributed by atoms with van der Waals surface area (Å²) in [6.45, 7) is 3.32. The Morgan fingerprint density at radius 1 is 1.03 bits per heavy atom. The van der Waals surface area contributed by atoms with Crippen LogP contribution in [0.4, 0.5) is 5.82 Å². The first-order chi connectivity index (χ1) is 14.5. The number of allylic oxidation sites excluding steroid dienone is 2. The first kappa shape index (κ1) is 21.3. The molecule has 0 amide bonds. The minimum absolute atomic E-state index is 0.146. The normalized spacial score (nSPS) is 13.7. The van der Waals surface area contributed by atoms with Crippen LogP contribution in [0.5, 0.6) is 11.5 Å². The Bertz CT molecular complexity index is 1030. The zero-order valence-corrected chi connectivity index (χ0v) is 17.4. The lowest BCUT2D eigenvalue weighted by molar-refractivity contribution is -0.116. The number of carbonyl (C=O) groups is 2. The Morgan fingerprint density at radius 3 is 2.53 bits per heavy atom. The summed E-state index contributed by atoms with van der Waals surface area (Å²) >= 11 is 0. The van der Waals surface area contributed by atoms with Crippen molar-refractivity contribution in [1.82, 2.24) is 14.9 Å². The maximum Gasteiger partial charge on any atom is 0.204 e. The van der Waals surface area contributed by atoms with Gasteiger partial charge < -0.3 is 24.4 Å². The standard InChI is InChI=1S/C21H24N4O5/c1-5-25(2)16-11-17(26)15(9-18(16)27)24-21-13-8-19(29-4)20(30-7-6-28-3)10-14(13)22-12-23-21/h8-12H,5-7H2,1-4H3,(H,22,23,24). The Labute approximate surface area is 174 Å². The smallest absolute Gasteiger partial charge is 0.204 e. The van der Waals surface area contributed by atoms with Crippen molar-refractivity contribution in [3.05, 3.63) is 42.0 Å². The van der Waals surface area contributed by atoms with Crippen LogP contribution in [0, 0.1) is 0 Å². The number of benzene rings is 1. The molecular weight excluding hydrogens is 388 g/mol. The van der Waals surface area contributed by atoms with Crippen molar-refractivity contribution in [1.29, 1.82) is 0 Å². The summed E-state index contributed by atoms with van der Waals surface area (Å²) in [5.41, 5.74) is 1.10.